The van der Waals surface area contributed by atoms with Crippen LogP contribution in [0, 0.1) is 17.1 Å². The number of benzene rings is 2. The van der Waals surface area contributed by atoms with Gasteiger partial charge >= 0.3 is 0 Å². The van der Waals surface area contributed by atoms with Crippen molar-refractivity contribution >= 4 is 11.6 Å². The maximum absolute atomic E-state index is 14.0. The van der Waals surface area contributed by atoms with Gasteiger partial charge in [-0.25, -0.2) is 4.39 Å². The van der Waals surface area contributed by atoms with E-state index in [1.165, 1.54) is 24.3 Å². The van der Waals surface area contributed by atoms with E-state index in [0.717, 1.165) is 12.8 Å². The molecule has 1 N–H and O–H groups in total. The predicted octanol–water partition coefficient (Wildman–Crippen LogP) is 4.26. The van der Waals surface area contributed by atoms with E-state index in [-0.39, 0.29) is 33.6 Å². The fourth-order valence-corrected chi connectivity index (χ4v) is 2.23. The molecule has 21 heavy (non-hydrogen) atoms. The summed E-state index contributed by atoms with van der Waals surface area (Å²) in [5.74, 6) is -0.136. The Morgan fingerprint density at radius 2 is 2.00 bits per heavy atom. The number of hydrogen-bond donors (Lipinski definition) is 1. The first-order chi connectivity index (χ1) is 10.1. The summed E-state index contributed by atoms with van der Waals surface area (Å²) in [5, 5.41) is 19.1. The molecule has 0 saturated heterocycles. The second-order valence-electron chi connectivity index (χ2n) is 4.92. The summed E-state index contributed by atoms with van der Waals surface area (Å²) in [6, 6.07) is 8.88. The number of nitrogens with zero attached hydrogens (tertiary/aromatic N) is 1. The van der Waals surface area contributed by atoms with Crippen LogP contribution in [0.25, 0.3) is 11.1 Å². The van der Waals surface area contributed by atoms with E-state index in [1.807, 2.05) is 6.07 Å². The lowest BCUT2D eigenvalue weighted by Crippen LogP contribution is -1.97. The number of rotatable bonds is 3. The maximum Gasteiger partial charge on any atom is 0.131 e. The molecule has 1 fully saturated rings. The molecule has 0 heterocycles. The number of aromatic hydroxyl groups is 1. The molecule has 1 aliphatic rings. The smallest absolute Gasteiger partial charge is 0.131 e. The minimum atomic E-state index is -0.500. The van der Waals surface area contributed by atoms with E-state index in [4.69, 9.17) is 21.6 Å². The molecular weight excluding hydrogens is 293 g/mol. The summed E-state index contributed by atoms with van der Waals surface area (Å²) in [7, 11) is 0. The molecule has 106 valence electrons. The van der Waals surface area contributed by atoms with Gasteiger partial charge in [0.1, 0.15) is 23.4 Å². The summed E-state index contributed by atoms with van der Waals surface area (Å²) in [5.41, 5.74) is 0.575. The average Bonchev–Trinajstić information content (AvgIpc) is 3.26. The van der Waals surface area contributed by atoms with Gasteiger partial charge in [-0.3, -0.25) is 0 Å². The van der Waals surface area contributed by atoms with Crippen LogP contribution in [0.5, 0.6) is 11.5 Å². The predicted molar refractivity (Wildman–Crippen MR) is 76.9 cm³/mol. The molecule has 2 aromatic carbocycles. The summed E-state index contributed by atoms with van der Waals surface area (Å²) in [6.07, 6.45) is 2.19. The number of hydrogen-bond acceptors (Lipinski definition) is 3. The van der Waals surface area contributed by atoms with E-state index in [0.29, 0.717) is 5.75 Å². The topological polar surface area (TPSA) is 53.2 Å². The molecule has 3 nitrogen and oxygen atoms in total. The summed E-state index contributed by atoms with van der Waals surface area (Å²) < 4.78 is 19.7. The molecule has 1 saturated carbocycles. The van der Waals surface area contributed by atoms with Crippen molar-refractivity contribution in [3.8, 4) is 28.7 Å². The van der Waals surface area contributed by atoms with E-state index < -0.39 is 5.82 Å². The van der Waals surface area contributed by atoms with Gasteiger partial charge in [0.15, 0.2) is 0 Å². The summed E-state index contributed by atoms with van der Waals surface area (Å²) in [4.78, 5) is 0. The quantitative estimate of drug-likeness (QED) is 0.921. The fourth-order valence-electron chi connectivity index (χ4n) is 2.03. The highest BCUT2D eigenvalue weighted by atomic mass is 35.5. The van der Waals surface area contributed by atoms with Gasteiger partial charge in [-0.05, 0) is 37.1 Å². The van der Waals surface area contributed by atoms with Crippen molar-refractivity contribution in [1.82, 2.24) is 0 Å². The highest BCUT2D eigenvalue weighted by molar-refractivity contribution is 6.32. The highest BCUT2D eigenvalue weighted by Crippen LogP contribution is 2.37. The minimum Gasteiger partial charge on any atom is -0.507 e. The number of phenolic OH excluding ortho intramolecular Hbond substituents is 1. The number of nitriles is 1. The Morgan fingerprint density at radius 1 is 1.24 bits per heavy atom. The normalized spacial score (nSPS) is 13.8. The zero-order valence-electron chi connectivity index (χ0n) is 10.9. The van der Waals surface area contributed by atoms with Crippen molar-refractivity contribution in [3.05, 3.63) is 46.7 Å². The Morgan fingerprint density at radius 3 is 2.67 bits per heavy atom. The lowest BCUT2D eigenvalue weighted by molar-refractivity contribution is 0.303. The molecule has 0 spiro atoms. The lowest BCUT2D eigenvalue weighted by Gasteiger charge is -2.11. The van der Waals surface area contributed by atoms with Gasteiger partial charge in [-0.15, -0.1) is 0 Å². The minimum absolute atomic E-state index is 0.129. The summed E-state index contributed by atoms with van der Waals surface area (Å²) >= 11 is 5.84. The third kappa shape index (κ3) is 2.79. The first-order valence-electron chi connectivity index (χ1n) is 6.47. The molecule has 0 radical (unpaired) electrons. The van der Waals surface area contributed by atoms with Gasteiger partial charge < -0.3 is 9.84 Å². The monoisotopic (exact) mass is 303 g/mol. The Bertz CT molecular complexity index is 751. The summed E-state index contributed by atoms with van der Waals surface area (Å²) in [6.45, 7) is 0. The van der Waals surface area contributed by atoms with E-state index in [9.17, 15) is 9.50 Å². The molecule has 0 bridgehead atoms. The Hall–Kier alpha value is -2.25. The zero-order chi connectivity index (χ0) is 15.0. The van der Waals surface area contributed by atoms with E-state index in [1.54, 1.807) is 6.07 Å². The SMILES string of the molecule is N#Cc1cc(-c2cc(OC3CC3)ccc2F)c(O)cc1Cl. The standard InChI is InChI=1S/C16H11ClFNO2/c17-14-7-16(20)13(5-9(14)8-19)12-6-11(3-4-15(12)18)21-10-1-2-10/h3-7,10,20H,1-2H2. The second kappa shape index (κ2) is 5.27. The molecule has 0 amide bonds. The van der Waals surface area contributed by atoms with Crippen LogP contribution in [0.3, 0.4) is 0 Å². The van der Waals surface area contributed by atoms with Crippen molar-refractivity contribution in [2.24, 2.45) is 0 Å². The first kappa shape index (κ1) is 13.7. The van der Waals surface area contributed by atoms with Gasteiger partial charge in [0, 0.05) is 17.2 Å². The molecule has 0 aliphatic heterocycles. The second-order valence-corrected chi connectivity index (χ2v) is 5.33. The number of phenols is 1. The van der Waals surface area contributed by atoms with Crippen LogP contribution in [-0.2, 0) is 0 Å². The molecule has 1 aliphatic carbocycles. The first-order valence-corrected chi connectivity index (χ1v) is 6.85. The molecule has 5 heteroatoms. The van der Waals surface area contributed by atoms with Crippen molar-refractivity contribution in [1.29, 1.82) is 5.26 Å². The average molecular weight is 304 g/mol. The zero-order valence-corrected chi connectivity index (χ0v) is 11.7. The lowest BCUT2D eigenvalue weighted by atomic mass is 10.0. The molecule has 2 aromatic rings. The van der Waals surface area contributed by atoms with E-state index >= 15 is 0 Å². The van der Waals surface area contributed by atoms with Crippen LogP contribution in [0.2, 0.25) is 5.02 Å². The van der Waals surface area contributed by atoms with Crippen LogP contribution in [0.1, 0.15) is 18.4 Å². The van der Waals surface area contributed by atoms with Crippen LogP contribution in [0.15, 0.2) is 30.3 Å². The van der Waals surface area contributed by atoms with Gasteiger partial charge in [-0.2, -0.15) is 5.26 Å². The molecule has 3 rings (SSSR count). The number of ether oxygens (including phenoxy) is 1. The van der Waals surface area contributed by atoms with Crippen molar-refractivity contribution in [3.63, 3.8) is 0 Å². The molecule has 0 atom stereocenters. The number of halogens is 2. The third-order valence-electron chi connectivity index (χ3n) is 3.26. The van der Waals surface area contributed by atoms with Crippen LogP contribution in [0.4, 0.5) is 4.39 Å². The van der Waals surface area contributed by atoms with Gasteiger partial charge in [-0.1, -0.05) is 11.6 Å². The van der Waals surface area contributed by atoms with Gasteiger partial charge in [0.25, 0.3) is 0 Å². The van der Waals surface area contributed by atoms with Crippen molar-refractivity contribution in [2.45, 2.75) is 18.9 Å². The Labute approximate surface area is 126 Å². The van der Waals surface area contributed by atoms with Crippen LogP contribution in [-0.4, -0.2) is 11.2 Å². The van der Waals surface area contributed by atoms with Crippen molar-refractivity contribution < 1.29 is 14.2 Å². The van der Waals surface area contributed by atoms with Crippen LogP contribution < -0.4 is 4.74 Å². The van der Waals surface area contributed by atoms with Crippen LogP contribution >= 0.6 is 11.6 Å². The Balaban J connectivity index is 2.08. The molecular formula is C16H11ClFNO2. The van der Waals surface area contributed by atoms with Crippen molar-refractivity contribution in [2.75, 3.05) is 0 Å². The fraction of sp³-hybridized carbons (Fsp3) is 0.188. The van der Waals surface area contributed by atoms with Gasteiger partial charge in [0.2, 0.25) is 0 Å². The molecule has 0 unspecified atom stereocenters. The highest BCUT2D eigenvalue weighted by Gasteiger charge is 2.24. The largest absolute Gasteiger partial charge is 0.507 e. The van der Waals surface area contributed by atoms with Gasteiger partial charge in [0.05, 0.1) is 16.7 Å². The van der Waals surface area contributed by atoms with E-state index in [2.05, 4.69) is 0 Å². The third-order valence-corrected chi connectivity index (χ3v) is 3.57. The Kier molecular flexibility index (Phi) is 3.44. The molecule has 0 aromatic heterocycles. The maximum atomic E-state index is 14.0.